The second-order valence-corrected chi connectivity index (χ2v) is 3.78. The van der Waals surface area contributed by atoms with Crippen molar-refractivity contribution >= 4 is 5.97 Å². The van der Waals surface area contributed by atoms with Gasteiger partial charge in [-0.3, -0.25) is 0 Å². The maximum atomic E-state index is 11.0. The lowest BCUT2D eigenvalue weighted by atomic mass is 9.87. The fraction of sp³-hybridized carbons (Fsp3) is 0.417. The van der Waals surface area contributed by atoms with Gasteiger partial charge in [0.2, 0.25) is 0 Å². The van der Waals surface area contributed by atoms with Crippen LogP contribution < -0.4 is 4.74 Å². The highest BCUT2D eigenvalue weighted by Crippen LogP contribution is 2.32. The average Bonchev–Trinajstić information content (AvgIpc) is 2.27. The van der Waals surface area contributed by atoms with Crippen molar-refractivity contribution in [2.75, 3.05) is 7.11 Å². The zero-order valence-corrected chi connectivity index (χ0v) is 8.75. The van der Waals surface area contributed by atoms with Crippen LogP contribution in [0.15, 0.2) is 12.1 Å². The van der Waals surface area contributed by atoms with Crippen LogP contribution in [0.1, 0.15) is 34.3 Å². The largest absolute Gasteiger partial charge is 0.496 e. The Hall–Kier alpha value is -1.51. The van der Waals surface area contributed by atoms with Gasteiger partial charge in [0.1, 0.15) is 5.75 Å². The van der Waals surface area contributed by atoms with Crippen molar-refractivity contribution in [1.82, 2.24) is 0 Å². The lowest BCUT2D eigenvalue weighted by Crippen LogP contribution is -2.11. The maximum Gasteiger partial charge on any atom is 0.335 e. The van der Waals surface area contributed by atoms with Crippen molar-refractivity contribution < 1.29 is 14.6 Å². The minimum atomic E-state index is -0.837. The molecule has 0 spiro atoms. The summed E-state index contributed by atoms with van der Waals surface area (Å²) in [5, 5.41) is 9.06. The third kappa shape index (κ3) is 1.69. The van der Waals surface area contributed by atoms with Crippen molar-refractivity contribution in [1.29, 1.82) is 0 Å². The van der Waals surface area contributed by atoms with E-state index in [1.54, 1.807) is 19.2 Å². The molecule has 2 rings (SSSR count). The molecule has 1 aliphatic carbocycles. The highest BCUT2D eigenvalue weighted by atomic mass is 16.5. The summed E-state index contributed by atoms with van der Waals surface area (Å²) in [6.07, 6.45) is 3.97. The molecule has 1 aliphatic rings. The van der Waals surface area contributed by atoms with E-state index in [1.165, 1.54) is 0 Å². The van der Waals surface area contributed by atoms with E-state index in [2.05, 4.69) is 0 Å². The summed E-state index contributed by atoms with van der Waals surface area (Å²) in [4.78, 5) is 11.0. The number of carboxylic acid groups (broad SMARTS) is 1. The van der Waals surface area contributed by atoms with E-state index in [9.17, 15) is 4.79 Å². The number of carbonyl (C=O) groups is 1. The molecule has 1 aromatic rings. The molecule has 3 nitrogen and oxygen atoms in total. The first kappa shape index (κ1) is 10.0. The standard InChI is InChI=1S/C12H14O3/c1-15-11-7-6-10(12(13)14)8-4-2-3-5-9(8)11/h6-7H,2-5H2,1H3,(H,13,14). The SMILES string of the molecule is COc1ccc(C(=O)O)c2c1CCCC2. The van der Waals surface area contributed by atoms with Gasteiger partial charge in [-0.2, -0.15) is 0 Å². The molecule has 0 radical (unpaired) electrons. The van der Waals surface area contributed by atoms with E-state index in [4.69, 9.17) is 9.84 Å². The molecule has 1 aromatic carbocycles. The quantitative estimate of drug-likeness (QED) is 0.807. The highest BCUT2D eigenvalue weighted by Gasteiger charge is 2.20. The van der Waals surface area contributed by atoms with E-state index in [-0.39, 0.29) is 0 Å². The van der Waals surface area contributed by atoms with Gasteiger partial charge in [0, 0.05) is 0 Å². The molecule has 0 bridgehead atoms. The molecule has 0 saturated carbocycles. The third-order valence-electron chi connectivity index (χ3n) is 2.94. The second-order valence-electron chi connectivity index (χ2n) is 3.78. The van der Waals surface area contributed by atoms with Crippen LogP contribution in [-0.4, -0.2) is 18.2 Å². The van der Waals surface area contributed by atoms with Crippen LogP contribution in [0.2, 0.25) is 0 Å². The smallest absolute Gasteiger partial charge is 0.335 e. The first-order chi connectivity index (χ1) is 7.24. The number of benzene rings is 1. The summed E-state index contributed by atoms with van der Waals surface area (Å²) in [6, 6.07) is 3.40. The summed E-state index contributed by atoms with van der Waals surface area (Å²) in [5.74, 6) is -0.00879. The lowest BCUT2D eigenvalue weighted by molar-refractivity contribution is 0.0695. The normalized spacial score (nSPS) is 14.5. The predicted molar refractivity (Wildman–Crippen MR) is 56.6 cm³/mol. The number of fused-ring (bicyclic) bond motifs is 1. The van der Waals surface area contributed by atoms with Crippen molar-refractivity contribution in [3.05, 3.63) is 28.8 Å². The van der Waals surface area contributed by atoms with Gasteiger partial charge in [0.05, 0.1) is 12.7 Å². The van der Waals surface area contributed by atoms with Crippen LogP contribution in [-0.2, 0) is 12.8 Å². The Bertz CT molecular complexity index is 396. The molecule has 0 heterocycles. The fourth-order valence-electron chi connectivity index (χ4n) is 2.23. The van der Waals surface area contributed by atoms with Gasteiger partial charge < -0.3 is 9.84 Å². The van der Waals surface area contributed by atoms with Crippen molar-refractivity contribution in [3.8, 4) is 5.75 Å². The molecule has 0 amide bonds. The van der Waals surface area contributed by atoms with Crippen LogP contribution in [0.25, 0.3) is 0 Å². The van der Waals surface area contributed by atoms with Crippen molar-refractivity contribution in [2.45, 2.75) is 25.7 Å². The van der Waals surface area contributed by atoms with E-state index in [0.717, 1.165) is 42.6 Å². The Kier molecular flexibility index (Phi) is 2.62. The van der Waals surface area contributed by atoms with Crippen molar-refractivity contribution in [3.63, 3.8) is 0 Å². The van der Waals surface area contributed by atoms with Crippen LogP contribution in [0, 0.1) is 0 Å². The first-order valence-electron chi connectivity index (χ1n) is 5.16. The van der Waals surface area contributed by atoms with Gasteiger partial charge in [-0.05, 0) is 48.9 Å². The van der Waals surface area contributed by atoms with Crippen molar-refractivity contribution in [2.24, 2.45) is 0 Å². The molecule has 0 fully saturated rings. The lowest BCUT2D eigenvalue weighted by Gasteiger charge is -2.20. The molecular formula is C12H14O3. The Morgan fingerprint density at radius 1 is 1.27 bits per heavy atom. The van der Waals surface area contributed by atoms with Crippen LogP contribution in [0.3, 0.4) is 0 Å². The van der Waals surface area contributed by atoms with Gasteiger partial charge in [0.25, 0.3) is 0 Å². The molecule has 0 aliphatic heterocycles. The van der Waals surface area contributed by atoms with Gasteiger partial charge in [0.15, 0.2) is 0 Å². The molecular weight excluding hydrogens is 192 g/mol. The summed E-state index contributed by atoms with van der Waals surface area (Å²) in [6.45, 7) is 0. The number of ether oxygens (including phenoxy) is 1. The number of rotatable bonds is 2. The molecule has 0 saturated heterocycles. The molecule has 15 heavy (non-hydrogen) atoms. The molecule has 0 aromatic heterocycles. The van der Waals surface area contributed by atoms with E-state index >= 15 is 0 Å². The number of hydrogen-bond donors (Lipinski definition) is 1. The van der Waals surface area contributed by atoms with Gasteiger partial charge in [-0.25, -0.2) is 4.79 Å². The zero-order valence-electron chi connectivity index (χ0n) is 8.75. The van der Waals surface area contributed by atoms with Gasteiger partial charge in [-0.1, -0.05) is 0 Å². The molecule has 3 heteroatoms. The van der Waals surface area contributed by atoms with Crippen LogP contribution in [0.5, 0.6) is 5.75 Å². The Balaban J connectivity index is 2.57. The van der Waals surface area contributed by atoms with Gasteiger partial charge in [-0.15, -0.1) is 0 Å². The van der Waals surface area contributed by atoms with Crippen LogP contribution in [0.4, 0.5) is 0 Å². The Morgan fingerprint density at radius 3 is 2.53 bits per heavy atom. The number of hydrogen-bond acceptors (Lipinski definition) is 2. The topological polar surface area (TPSA) is 46.5 Å². The molecule has 1 N–H and O–H groups in total. The average molecular weight is 206 g/mol. The molecule has 0 unspecified atom stereocenters. The van der Waals surface area contributed by atoms with Crippen LogP contribution >= 0.6 is 0 Å². The first-order valence-corrected chi connectivity index (χ1v) is 5.16. The van der Waals surface area contributed by atoms with E-state index in [1.807, 2.05) is 0 Å². The predicted octanol–water partition coefficient (Wildman–Crippen LogP) is 2.27. The summed E-state index contributed by atoms with van der Waals surface area (Å²) >= 11 is 0. The monoisotopic (exact) mass is 206 g/mol. The minimum absolute atomic E-state index is 0.436. The maximum absolute atomic E-state index is 11.0. The number of aromatic carboxylic acids is 1. The molecule has 80 valence electrons. The fourth-order valence-corrected chi connectivity index (χ4v) is 2.23. The highest BCUT2D eigenvalue weighted by molar-refractivity contribution is 5.90. The number of methoxy groups -OCH3 is 1. The minimum Gasteiger partial charge on any atom is -0.496 e. The van der Waals surface area contributed by atoms with E-state index in [0.29, 0.717) is 5.56 Å². The summed E-state index contributed by atoms with van der Waals surface area (Å²) in [5.41, 5.74) is 2.49. The van der Waals surface area contributed by atoms with E-state index < -0.39 is 5.97 Å². The zero-order chi connectivity index (χ0) is 10.8. The number of carboxylic acids is 1. The molecule has 0 atom stereocenters. The summed E-state index contributed by atoms with van der Waals surface area (Å²) < 4.78 is 5.25. The second kappa shape index (κ2) is 3.93. The Morgan fingerprint density at radius 2 is 1.93 bits per heavy atom. The van der Waals surface area contributed by atoms with Gasteiger partial charge >= 0.3 is 5.97 Å². The summed E-state index contributed by atoms with van der Waals surface area (Å²) in [7, 11) is 1.63. The Labute approximate surface area is 88.7 Å². The third-order valence-corrected chi connectivity index (χ3v) is 2.94.